The number of nitrogens with one attached hydrogen (secondary N) is 1. The molecule has 0 saturated heterocycles. The van der Waals surface area contributed by atoms with E-state index in [1.165, 1.54) is 27.0 Å². The highest BCUT2D eigenvalue weighted by atomic mass is 19.2. The predicted octanol–water partition coefficient (Wildman–Crippen LogP) is 1.93. The standard InChI is InChI=1S/C21H23F2N3O4/c1-21(2,29)19(11-4-5-14(22)15(23)7-11)26-17(28)8-13-6-12-9-24-20(30-3)18(12)16(10-27)25-13/h4-7,19,27,29H,8-10H2,1-3H3,(H,26,28). The van der Waals surface area contributed by atoms with Crippen molar-refractivity contribution in [2.45, 2.75) is 45.1 Å². The lowest BCUT2D eigenvalue weighted by atomic mass is 9.91. The molecule has 0 bridgehead atoms. The van der Waals surface area contributed by atoms with Gasteiger partial charge in [-0.3, -0.25) is 9.78 Å². The van der Waals surface area contributed by atoms with Crippen molar-refractivity contribution in [2.24, 2.45) is 4.99 Å². The van der Waals surface area contributed by atoms with Gasteiger partial charge in [-0.05, 0) is 43.2 Å². The maximum Gasteiger partial charge on any atom is 0.226 e. The van der Waals surface area contributed by atoms with E-state index in [1.807, 2.05) is 0 Å². The predicted molar refractivity (Wildman–Crippen MR) is 105 cm³/mol. The molecular weight excluding hydrogens is 396 g/mol. The van der Waals surface area contributed by atoms with Gasteiger partial charge in [-0.25, -0.2) is 13.8 Å². The lowest BCUT2D eigenvalue weighted by Crippen LogP contribution is -2.42. The van der Waals surface area contributed by atoms with Crippen molar-refractivity contribution in [2.75, 3.05) is 7.11 Å². The number of hydrogen-bond donors (Lipinski definition) is 3. The van der Waals surface area contributed by atoms with Crippen molar-refractivity contribution < 1.29 is 28.5 Å². The van der Waals surface area contributed by atoms with Gasteiger partial charge in [0, 0.05) is 0 Å². The van der Waals surface area contributed by atoms with Crippen LogP contribution in [0, 0.1) is 11.6 Å². The van der Waals surface area contributed by atoms with Crippen molar-refractivity contribution in [1.82, 2.24) is 10.3 Å². The van der Waals surface area contributed by atoms with Crippen LogP contribution in [0.4, 0.5) is 8.78 Å². The first-order valence-corrected chi connectivity index (χ1v) is 9.32. The molecule has 0 aliphatic carbocycles. The zero-order valence-electron chi connectivity index (χ0n) is 16.9. The SMILES string of the molecule is COC1=NCc2cc(CC(=O)NC(c3ccc(F)c(F)c3)C(C)(C)O)nc(CO)c21. The number of amides is 1. The van der Waals surface area contributed by atoms with E-state index in [-0.39, 0.29) is 18.6 Å². The molecule has 1 aliphatic heterocycles. The van der Waals surface area contributed by atoms with E-state index in [4.69, 9.17) is 4.74 Å². The lowest BCUT2D eigenvalue weighted by Gasteiger charge is -2.30. The number of halogens is 2. The Morgan fingerprint density at radius 3 is 2.63 bits per heavy atom. The number of aliphatic hydroxyl groups excluding tert-OH is 1. The fourth-order valence-electron chi connectivity index (χ4n) is 3.45. The van der Waals surface area contributed by atoms with E-state index in [0.717, 1.165) is 17.7 Å². The summed E-state index contributed by atoms with van der Waals surface area (Å²) >= 11 is 0. The van der Waals surface area contributed by atoms with Crippen molar-refractivity contribution >= 4 is 11.8 Å². The summed E-state index contributed by atoms with van der Waals surface area (Å²) < 4.78 is 32.1. The molecule has 1 aliphatic rings. The van der Waals surface area contributed by atoms with Crippen LogP contribution in [0.2, 0.25) is 0 Å². The largest absolute Gasteiger partial charge is 0.481 e. The highest BCUT2D eigenvalue weighted by Crippen LogP contribution is 2.27. The summed E-state index contributed by atoms with van der Waals surface area (Å²) in [6, 6.07) is 3.93. The molecule has 9 heteroatoms. The molecule has 1 unspecified atom stereocenters. The van der Waals surface area contributed by atoms with Crippen LogP contribution >= 0.6 is 0 Å². The molecule has 1 aromatic carbocycles. The van der Waals surface area contributed by atoms with Crippen LogP contribution in [-0.4, -0.2) is 39.7 Å². The van der Waals surface area contributed by atoms with Gasteiger partial charge in [0.05, 0.1) is 55.3 Å². The average molecular weight is 419 g/mol. The number of rotatable bonds is 6. The van der Waals surface area contributed by atoms with Crippen LogP contribution in [0.1, 0.15) is 48.0 Å². The minimum Gasteiger partial charge on any atom is -0.481 e. The number of aliphatic hydroxyl groups is 2. The maximum absolute atomic E-state index is 13.7. The Labute approximate surface area is 172 Å². The summed E-state index contributed by atoms with van der Waals surface area (Å²) in [6.45, 7) is 2.92. The van der Waals surface area contributed by atoms with E-state index in [1.54, 1.807) is 6.07 Å². The number of aromatic nitrogens is 1. The second-order valence-corrected chi connectivity index (χ2v) is 7.58. The molecule has 2 heterocycles. The monoisotopic (exact) mass is 419 g/mol. The number of methoxy groups -OCH3 is 1. The number of aliphatic imine (C=N–C) groups is 1. The number of hydrogen-bond acceptors (Lipinski definition) is 6. The number of ether oxygens (including phenoxy) is 1. The zero-order valence-corrected chi connectivity index (χ0v) is 16.9. The van der Waals surface area contributed by atoms with Crippen LogP contribution in [-0.2, 0) is 29.1 Å². The zero-order chi connectivity index (χ0) is 22.1. The molecule has 0 spiro atoms. The first kappa shape index (κ1) is 21.8. The highest BCUT2D eigenvalue weighted by molar-refractivity contribution is 5.98. The van der Waals surface area contributed by atoms with Crippen molar-refractivity contribution in [3.8, 4) is 0 Å². The van der Waals surface area contributed by atoms with E-state index in [2.05, 4.69) is 15.3 Å². The number of nitrogens with zero attached hydrogens (tertiary/aromatic N) is 2. The quantitative estimate of drug-likeness (QED) is 0.664. The first-order chi connectivity index (χ1) is 14.1. The smallest absolute Gasteiger partial charge is 0.226 e. The summed E-state index contributed by atoms with van der Waals surface area (Å²) in [6.07, 6.45) is -0.140. The summed E-state index contributed by atoms with van der Waals surface area (Å²) in [7, 11) is 1.48. The average Bonchev–Trinajstić information content (AvgIpc) is 3.10. The van der Waals surface area contributed by atoms with E-state index in [0.29, 0.717) is 29.4 Å². The fraction of sp³-hybridized carbons (Fsp3) is 0.381. The molecule has 0 fully saturated rings. The Bertz CT molecular complexity index is 1000. The van der Waals surface area contributed by atoms with Crippen LogP contribution < -0.4 is 5.32 Å². The molecule has 0 saturated carbocycles. The lowest BCUT2D eigenvalue weighted by molar-refractivity contribution is -0.123. The minimum absolute atomic E-state index is 0.140. The number of fused-ring (bicyclic) bond motifs is 1. The molecule has 160 valence electrons. The van der Waals surface area contributed by atoms with E-state index >= 15 is 0 Å². The number of pyridine rings is 1. The van der Waals surface area contributed by atoms with Gasteiger partial charge in [-0.2, -0.15) is 0 Å². The van der Waals surface area contributed by atoms with Gasteiger partial charge in [0.25, 0.3) is 0 Å². The second kappa shape index (κ2) is 8.45. The van der Waals surface area contributed by atoms with Crippen LogP contribution in [0.5, 0.6) is 0 Å². The summed E-state index contributed by atoms with van der Waals surface area (Å²) in [5, 5.41) is 22.8. The third-order valence-corrected chi connectivity index (χ3v) is 4.81. The molecule has 1 aromatic heterocycles. The summed E-state index contributed by atoms with van der Waals surface area (Å²) in [5.41, 5.74) is 0.957. The van der Waals surface area contributed by atoms with Crippen molar-refractivity contribution in [3.63, 3.8) is 0 Å². The third-order valence-electron chi connectivity index (χ3n) is 4.81. The van der Waals surface area contributed by atoms with Crippen LogP contribution in [0.15, 0.2) is 29.3 Å². The molecule has 3 rings (SSSR count). The van der Waals surface area contributed by atoms with Crippen LogP contribution in [0.3, 0.4) is 0 Å². The third kappa shape index (κ3) is 4.47. The molecule has 3 N–H and O–H groups in total. The van der Waals surface area contributed by atoms with E-state index in [9.17, 15) is 23.8 Å². The van der Waals surface area contributed by atoms with Gasteiger partial charge in [0.1, 0.15) is 0 Å². The molecule has 1 atom stereocenters. The summed E-state index contributed by atoms with van der Waals surface area (Å²) in [4.78, 5) is 21.2. The van der Waals surface area contributed by atoms with Gasteiger partial charge < -0.3 is 20.3 Å². The van der Waals surface area contributed by atoms with Gasteiger partial charge in [0.15, 0.2) is 11.6 Å². The molecular formula is C21H23F2N3O4. The minimum atomic E-state index is -1.44. The number of carbonyl (C=O) groups excluding carboxylic acids is 1. The van der Waals surface area contributed by atoms with Gasteiger partial charge in [0.2, 0.25) is 11.8 Å². The first-order valence-electron chi connectivity index (χ1n) is 9.32. The maximum atomic E-state index is 13.7. The van der Waals surface area contributed by atoms with Gasteiger partial charge >= 0.3 is 0 Å². The molecule has 0 radical (unpaired) electrons. The van der Waals surface area contributed by atoms with E-state index < -0.39 is 29.2 Å². The topological polar surface area (TPSA) is 104 Å². The molecule has 2 aromatic rings. The fourth-order valence-corrected chi connectivity index (χ4v) is 3.45. The van der Waals surface area contributed by atoms with Crippen LogP contribution in [0.25, 0.3) is 0 Å². The Kier molecular flexibility index (Phi) is 6.14. The second-order valence-electron chi connectivity index (χ2n) is 7.58. The Morgan fingerprint density at radius 2 is 2.03 bits per heavy atom. The highest BCUT2D eigenvalue weighted by Gasteiger charge is 2.31. The Balaban J connectivity index is 1.82. The normalized spacial score (nSPS) is 14.2. The molecule has 1 amide bonds. The van der Waals surface area contributed by atoms with Gasteiger partial charge in [-0.1, -0.05) is 6.07 Å². The van der Waals surface area contributed by atoms with Crippen molar-refractivity contribution in [1.29, 1.82) is 0 Å². The number of benzene rings is 1. The van der Waals surface area contributed by atoms with Crippen molar-refractivity contribution in [3.05, 3.63) is 64.0 Å². The summed E-state index contributed by atoms with van der Waals surface area (Å²) in [5.74, 6) is -2.18. The molecule has 30 heavy (non-hydrogen) atoms. The Morgan fingerprint density at radius 1 is 1.30 bits per heavy atom. The van der Waals surface area contributed by atoms with Gasteiger partial charge in [-0.15, -0.1) is 0 Å². The number of carbonyl (C=O) groups is 1. The molecule has 7 nitrogen and oxygen atoms in total. The Hall–Kier alpha value is -2.91.